The Morgan fingerprint density at radius 2 is 1.85 bits per heavy atom. The van der Waals surface area contributed by atoms with Crippen molar-refractivity contribution in [3.63, 3.8) is 0 Å². The number of hydrogen-bond acceptors (Lipinski definition) is 5. The molecule has 3 aromatic rings. The minimum absolute atomic E-state index is 0.109. The predicted molar refractivity (Wildman–Crippen MR) is 127 cm³/mol. The van der Waals surface area contributed by atoms with E-state index in [2.05, 4.69) is 51.6 Å². The first-order chi connectivity index (χ1) is 16.1. The molecule has 2 unspecified atom stereocenters. The van der Waals surface area contributed by atoms with E-state index in [-0.39, 0.29) is 11.9 Å². The summed E-state index contributed by atoms with van der Waals surface area (Å²) < 4.78 is 5.89. The van der Waals surface area contributed by atoms with Crippen LogP contribution in [-0.4, -0.2) is 40.1 Å². The molecule has 6 heteroatoms. The number of nitrogens with zero attached hydrogens (tertiary/aromatic N) is 3. The Hall–Kier alpha value is -3.25. The molecule has 1 aliphatic carbocycles. The van der Waals surface area contributed by atoms with Crippen LogP contribution in [0.3, 0.4) is 0 Å². The van der Waals surface area contributed by atoms with Crippen molar-refractivity contribution in [3.05, 3.63) is 89.2 Å². The maximum absolute atomic E-state index is 12.8. The van der Waals surface area contributed by atoms with Gasteiger partial charge < -0.3 is 10.1 Å². The first kappa shape index (κ1) is 21.6. The normalized spacial score (nSPS) is 20.5. The highest BCUT2D eigenvalue weighted by molar-refractivity contribution is 5.92. The third-order valence-corrected chi connectivity index (χ3v) is 6.54. The molecule has 170 valence electrons. The minimum atomic E-state index is -0.122. The zero-order valence-corrected chi connectivity index (χ0v) is 19.0. The zero-order valence-electron chi connectivity index (χ0n) is 19.0. The summed E-state index contributed by atoms with van der Waals surface area (Å²) in [5, 5.41) is 11.3. The molecule has 2 atom stereocenters. The quantitative estimate of drug-likeness (QED) is 0.567. The number of aromatic nitrogens is 2. The second kappa shape index (κ2) is 9.71. The molecule has 1 N–H and O–H groups in total. The Balaban J connectivity index is 1.12. The van der Waals surface area contributed by atoms with Gasteiger partial charge in [0.25, 0.3) is 5.91 Å². The number of ether oxygens (including phenoxy) is 1. The number of hydrogen-bond donors (Lipinski definition) is 1. The van der Waals surface area contributed by atoms with Gasteiger partial charge in [-0.2, -0.15) is 5.10 Å². The maximum atomic E-state index is 12.8. The van der Waals surface area contributed by atoms with E-state index in [1.165, 1.54) is 18.4 Å². The summed E-state index contributed by atoms with van der Waals surface area (Å²) in [6.07, 6.45) is 4.15. The van der Waals surface area contributed by atoms with Crippen LogP contribution in [-0.2, 0) is 13.2 Å². The summed E-state index contributed by atoms with van der Waals surface area (Å²) in [4.78, 5) is 15.2. The average Bonchev–Trinajstić information content (AvgIpc) is 3.64. The number of amides is 1. The van der Waals surface area contributed by atoms with Crippen molar-refractivity contribution in [3.8, 4) is 5.75 Å². The topological polar surface area (TPSA) is 67.3 Å². The fourth-order valence-electron chi connectivity index (χ4n) is 4.45. The first-order valence-corrected chi connectivity index (χ1v) is 11.8. The molecule has 0 bridgehead atoms. The number of benzene rings is 2. The molecule has 2 fully saturated rings. The average molecular weight is 443 g/mol. The van der Waals surface area contributed by atoms with E-state index in [4.69, 9.17) is 4.74 Å². The molecule has 2 heterocycles. The van der Waals surface area contributed by atoms with E-state index < -0.39 is 0 Å². The molecule has 1 saturated heterocycles. The van der Waals surface area contributed by atoms with Crippen LogP contribution in [0.25, 0.3) is 0 Å². The van der Waals surface area contributed by atoms with E-state index >= 15 is 0 Å². The second-order valence-electron chi connectivity index (χ2n) is 9.32. The van der Waals surface area contributed by atoms with Crippen LogP contribution in [0.15, 0.2) is 66.9 Å². The van der Waals surface area contributed by atoms with Gasteiger partial charge in [0.2, 0.25) is 0 Å². The van der Waals surface area contributed by atoms with E-state index in [0.29, 0.717) is 24.1 Å². The van der Waals surface area contributed by atoms with Crippen molar-refractivity contribution in [1.82, 2.24) is 20.4 Å². The van der Waals surface area contributed by atoms with Crippen LogP contribution in [0, 0.1) is 5.92 Å². The summed E-state index contributed by atoms with van der Waals surface area (Å²) in [7, 11) is 0. The van der Waals surface area contributed by atoms with Gasteiger partial charge in [-0.3, -0.25) is 9.69 Å². The number of likely N-dealkylation sites (tertiary alicyclic amines) is 1. The van der Waals surface area contributed by atoms with Crippen LogP contribution in [0.4, 0.5) is 0 Å². The highest BCUT2D eigenvalue weighted by Gasteiger charge is 2.31. The lowest BCUT2D eigenvalue weighted by molar-refractivity contribution is 0.0925. The standard InChI is InChI=1S/C27H30N4O2/c1-19-15-31(16-20-7-11-24(12-8-20)33-18-21-5-3-2-4-6-21)17-26(19)29-27(32)25-13-23(14-28-30-25)22-9-10-22/h2-8,11-14,19,22,26H,9-10,15-18H2,1H3,(H,29,32). The SMILES string of the molecule is CC1CN(Cc2ccc(OCc3ccccc3)cc2)CC1NC(=O)c1cc(C2CC2)cnn1. The van der Waals surface area contributed by atoms with Crippen molar-refractivity contribution < 1.29 is 9.53 Å². The van der Waals surface area contributed by atoms with Crippen LogP contribution < -0.4 is 10.1 Å². The Morgan fingerprint density at radius 1 is 1.06 bits per heavy atom. The number of carbonyl (C=O) groups excluding carboxylic acids is 1. The van der Waals surface area contributed by atoms with Crippen LogP contribution in [0.2, 0.25) is 0 Å². The van der Waals surface area contributed by atoms with Gasteiger partial charge in [0.15, 0.2) is 5.69 Å². The largest absolute Gasteiger partial charge is 0.489 e. The van der Waals surface area contributed by atoms with Crippen LogP contribution >= 0.6 is 0 Å². The molecular formula is C27H30N4O2. The Labute approximate surface area is 195 Å². The Kier molecular flexibility index (Phi) is 6.35. The number of nitrogens with one attached hydrogen (secondary N) is 1. The number of rotatable bonds is 8. The highest BCUT2D eigenvalue weighted by atomic mass is 16.5. The summed E-state index contributed by atoms with van der Waals surface area (Å²) >= 11 is 0. The summed E-state index contributed by atoms with van der Waals surface area (Å²) in [6, 6.07) is 20.5. The fourth-order valence-corrected chi connectivity index (χ4v) is 4.45. The van der Waals surface area contributed by atoms with Gasteiger partial charge in [-0.25, -0.2) is 0 Å². The second-order valence-corrected chi connectivity index (χ2v) is 9.32. The zero-order chi connectivity index (χ0) is 22.6. The molecule has 1 aliphatic heterocycles. The summed E-state index contributed by atoms with van der Waals surface area (Å²) in [5.74, 6) is 1.69. The van der Waals surface area contributed by atoms with Gasteiger partial charge >= 0.3 is 0 Å². The first-order valence-electron chi connectivity index (χ1n) is 11.8. The molecule has 2 aliphatic rings. The van der Waals surface area contributed by atoms with E-state index in [1.54, 1.807) is 6.20 Å². The number of carbonyl (C=O) groups is 1. The predicted octanol–water partition coefficient (Wildman–Crippen LogP) is 4.18. The molecule has 1 saturated carbocycles. The molecule has 0 radical (unpaired) electrons. The van der Waals surface area contributed by atoms with Gasteiger partial charge in [-0.15, -0.1) is 5.10 Å². The lowest BCUT2D eigenvalue weighted by Gasteiger charge is -2.17. The van der Waals surface area contributed by atoms with Crippen LogP contribution in [0.1, 0.15) is 52.9 Å². The van der Waals surface area contributed by atoms with Gasteiger partial charge in [0, 0.05) is 25.7 Å². The van der Waals surface area contributed by atoms with Crippen molar-refractivity contribution in [2.24, 2.45) is 5.92 Å². The molecule has 1 amide bonds. The third-order valence-electron chi connectivity index (χ3n) is 6.54. The van der Waals surface area contributed by atoms with E-state index in [9.17, 15) is 4.79 Å². The Bertz CT molecular complexity index is 1080. The molecule has 0 spiro atoms. The van der Waals surface area contributed by atoms with Crippen LogP contribution in [0.5, 0.6) is 5.75 Å². The lowest BCUT2D eigenvalue weighted by Crippen LogP contribution is -2.40. The Morgan fingerprint density at radius 3 is 2.61 bits per heavy atom. The van der Waals surface area contributed by atoms with Crippen molar-refractivity contribution in [1.29, 1.82) is 0 Å². The molecule has 33 heavy (non-hydrogen) atoms. The molecule has 2 aromatic carbocycles. The summed E-state index contributed by atoms with van der Waals surface area (Å²) in [6.45, 7) is 5.39. The summed E-state index contributed by atoms with van der Waals surface area (Å²) in [5.41, 5.74) is 3.96. The van der Waals surface area contributed by atoms with Gasteiger partial charge in [0.05, 0.1) is 6.20 Å². The highest BCUT2D eigenvalue weighted by Crippen LogP contribution is 2.39. The smallest absolute Gasteiger partial charge is 0.272 e. The van der Waals surface area contributed by atoms with Crippen molar-refractivity contribution in [2.75, 3.05) is 13.1 Å². The maximum Gasteiger partial charge on any atom is 0.272 e. The molecule has 1 aromatic heterocycles. The third kappa shape index (κ3) is 5.57. The minimum Gasteiger partial charge on any atom is -0.489 e. The van der Waals surface area contributed by atoms with E-state index in [0.717, 1.165) is 36.5 Å². The molecule has 5 rings (SSSR count). The monoisotopic (exact) mass is 442 g/mol. The van der Waals surface area contributed by atoms with Gasteiger partial charge in [0.1, 0.15) is 12.4 Å². The lowest BCUT2D eigenvalue weighted by atomic mass is 10.1. The van der Waals surface area contributed by atoms with E-state index in [1.807, 2.05) is 36.4 Å². The fraction of sp³-hybridized carbons (Fsp3) is 0.370. The van der Waals surface area contributed by atoms with Gasteiger partial charge in [-0.05, 0) is 59.6 Å². The molecular weight excluding hydrogens is 412 g/mol. The van der Waals surface area contributed by atoms with Crippen molar-refractivity contribution >= 4 is 5.91 Å². The molecule has 6 nitrogen and oxygen atoms in total. The van der Waals surface area contributed by atoms with Crippen molar-refractivity contribution in [2.45, 2.75) is 44.9 Å². The van der Waals surface area contributed by atoms with Gasteiger partial charge in [-0.1, -0.05) is 49.4 Å².